The van der Waals surface area contributed by atoms with Crippen LogP contribution in [0.3, 0.4) is 0 Å². The largest absolute Gasteiger partial charge is 0.507 e. The Balaban J connectivity index is 2.04. The summed E-state index contributed by atoms with van der Waals surface area (Å²) in [6.07, 6.45) is 3.30. The highest BCUT2D eigenvalue weighted by Gasteiger charge is 2.13. The number of esters is 1. The number of aromatic nitrogens is 1. The number of thiazole rings is 1. The molecule has 0 atom stereocenters. The van der Waals surface area contributed by atoms with Crippen molar-refractivity contribution in [3.63, 3.8) is 0 Å². The van der Waals surface area contributed by atoms with Gasteiger partial charge in [0, 0.05) is 10.9 Å². The number of primary amides is 1. The molecule has 0 saturated heterocycles. The molecule has 0 aliphatic carbocycles. The highest BCUT2D eigenvalue weighted by molar-refractivity contribution is 7.07. The van der Waals surface area contributed by atoms with Gasteiger partial charge in [0.25, 0.3) is 5.91 Å². The molecule has 0 saturated carbocycles. The SMILES string of the molecule is C=CCN=c1scc(-c2ccc(O)c(C(N)=O)c2)n1/N=C/c1ccc(C(=O)OC)cc1. The minimum absolute atomic E-state index is 0.0159. The first-order valence-electron chi connectivity index (χ1n) is 9.12. The van der Waals surface area contributed by atoms with Gasteiger partial charge in [0.05, 0.1) is 36.7 Å². The first-order valence-corrected chi connectivity index (χ1v) is 10.0. The Morgan fingerprint density at radius 3 is 2.65 bits per heavy atom. The second kappa shape index (κ2) is 9.68. The van der Waals surface area contributed by atoms with Crippen molar-refractivity contribution in [2.45, 2.75) is 0 Å². The lowest BCUT2D eigenvalue weighted by Gasteiger charge is -2.07. The summed E-state index contributed by atoms with van der Waals surface area (Å²) in [5, 5.41) is 16.3. The van der Waals surface area contributed by atoms with Crippen molar-refractivity contribution in [2.75, 3.05) is 13.7 Å². The summed E-state index contributed by atoms with van der Waals surface area (Å²) in [6, 6.07) is 11.4. The summed E-state index contributed by atoms with van der Waals surface area (Å²) in [5.74, 6) is -1.34. The lowest BCUT2D eigenvalue weighted by Crippen LogP contribution is -2.13. The molecule has 3 N–H and O–H groups in total. The number of carbonyl (C=O) groups excluding carboxylic acids is 2. The van der Waals surface area contributed by atoms with Gasteiger partial charge in [0.2, 0.25) is 4.80 Å². The van der Waals surface area contributed by atoms with Crippen LogP contribution in [-0.4, -0.2) is 41.5 Å². The molecular formula is C22H20N4O4S. The number of carbonyl (C=O) groups is 2. The molecule has 0 fully saturated rings. The van der Waals surface area contributed by atoms with Crippen molar-refractivity contribution in [3.05, 3.63) is 82.0 Å². The summed E-state index contributed by atoms with van der Waals surface area (Å²) >= 11 is 1.37. The molecule has 0 spiro atoms. The zero-order valence-corrected chi connectivity index (χ0v) is 17.5. The third-order valence-corrected chi connectivity index (χ3v) is 5.11. The fourth-order valence-corrected chi connectivity index (χ4v) is 3.55. The summed E-state index contributed by atoms with van der Waals surface area (Å²) in [7, 11) is 1.33. The highest BCUT2D eigenvalue weighted by Crippen LogP contribution is 2.26. The fraction of sp³-hybridized carbons (Fsp3) is 0.0909. The van der Waals surface area contributed by atoms with Gasteiger partial charge in [0.15, 0.2) is 0 Å². The smallest absolute Gasteiger partial charge is 0.337 e. The van der Waals surface area contributed by atoms with Crippen molar-refractivity contribution in [1.82, 2.24) is 4.68 Å². The van der Waals surface area contributed by atoms with Crippen LogP contribution >= 0.6 is 11.3 Å². The third-order valence-electron chi connectivity index (χ3n) is 4.25. The molecular weight excluding hydrogens is 416 g/mol. The predicted molar refractivity (Wildman–Crippen MR) is 119 cm³/mol. The quantitative estimate of drug-likeness (QED) is 0.336. The van der Waals surface area contributed by atoms with E-state index in [4.69, 9.17) is 10.5 Å². The number of aromatic hydroxyl groups is 1. The van der Waals surface area contributed by atoms with Gasteiger partial charge in [-0.15, -0.1) is 17.9 Å². The molecule has 0 unspecified atom stereocenters. The van der Waals surface area contributed by atoms with Crippen LogP contribution in [0.15, 0.2) is 70.6 Å². The maximum absolute atomic E-state index is 11.6. The van der Waals surface area contributed by atoms with Gasteiger partial charge in [-0.25, -0.2) is 9.47 Å². The van der Waals surface area contributed by atoms with E-state index in [9.17, 15) is 14.7 Å². The molecule has 0 aliphatic heterocycles. The van der Waals surface area contributed by atoms with Crippen molar-refractivity contribution in [1.29, 1.82) is 0 Å². The zero-order valence-electron chi connectivity index (χ0n) is 16.7. The normalized spacial score (nSPS) is 11.6. The van der Waals surface area contributed by atoms with Gasteiger partial charge in [0.1, 0.15) is 5.75 Å². The van der Waals surface area contributed by atoms with E-state index in [1.165, 1.54) is 30.6 Å². The highest BCUT2D eigenvalue weighted by atomic mass is 32.1. The van der Waals surface area contributed by atoms with E-state index in [1.807, 2.05) is 5.38 Å². The van der Waals surface area contributed by atoms with Gasteiger partial charge in [-0.1, -0.05) is 18.2 Å². The second-order valence-electron chi connectivity index (χ2n) is 6.30. The summed E-state index contributed by atoms with van der Waals surface area (Å²) in [4.78, 5) is 28.3. The Morgan fingerprint density at radius 1 is 1.26 bits per heavy atom. The third kappa shape index (κ3) is 4.96. The Kier molecular flexibility index (Phi) is 6.78. The van der Waals surface area contributed by atoms with Crippen LogP contribution in [0.2, 0.25) is 0 Å². The first kappa shape index (κ1) is 21.7. The predicted octanol–water partition coefficient (Wildman–Crippen LogP) is 2.78. The van der Waals surface area contributed by atoms with Crippen molar-refractivity contribution in [2.24, 2.45) is 15.8 Å². The molecule has 1 heterocycles. The number of benzene rings is 2. The standard InChI is InChI=1S/C22H20N4O4S/c1-3-10-24-22-26(25-12-14-4-6-15(7-5-14)21(29)30-2)18(13-31-22)16-8-9-19(27)17(11-16)20(23)28/h3-9,11-13,27H,1,10H2,2H3,(H2,23,28)/b24-22?,25-12+. The molecule has 8 nitrogen and oxygen atoms in total. The average Bonchev–Trinajstić information content (AvgIpc) is 3.18. The number of rotatable bonds is 7. The van der Waals surface area contributed by atoms with Crippen LogP contribution in [0, 0.1) is 0 Å². The number of ether oxygens (including phenoxy) is 1. The molecule has 158 valence electrons. The molecule has 1 aromatic heterocycles. The maximum atomic E-state index is 11.6. The minimum atomic E-state index is -0.730. The number of nitrogens with two attached hydrogens (primary N) is 1. The van der Waals surface area contributed by atoms with Crippen LogP contribution in [0.4, 0.5) is 0 Å². The van der Waals surface area contributed by atoms with Crippen LogP contribution in [0.5, 0.6) is 5.75 Å². The van der Waals surface area contributed by atoms with E-state index < -0.39 is 11.9 Å². The molecule has 0 bridgehead atoms. The van der Waals surface area contributed by atoms with Gasteiger partial charge >= 0.3 is 5.97 Å². The van der Waals surface area contributed by atoms with Gasteiger partial charge in [-0.2, -0.15) is 5.10 Å². The van der Waals surface area contributed by atoms with Crippen LogP contribution in [0.1, 0.15) is 26.3 Å². The molecule has 3 rings (SSSR count). The van der Waals surface area contributed by atoms with E-state index in [-0.39, 0.29) is 11.3 Å². The van der Waals surface area contributed by atoms with E-state index >= 15 is 0 Å². The molecule has 3 aromatic rings. The average molecular weight is 436 g/mol. The van der Waals surface area contributed by atoms with Crippen LogP contribution < -0.4 is 10.5 Å². The lowest BCUT2D eigenvalue weighted by molar-refractivity contribution is 0.0600. The molecule has 0 aliphatic rings. The minimum Gasteiger partial charge on any atom is -0.507 e. The zero-order chi connectivity index (χ0) is 22.4. The van der Waals surface area contributed by atoms with Crippen molar-refractivity contribution in [3.8, 4) is 17.0 Å². The maximum Gasteiger partial charge on any atom is 0.337 e. The molecule has 2 aromatic carbocycles. The van der Waals surface area contributed by atoms with E-state index in [0.29, 0.717) is 28.2 Å². The number of amides is 1. The Morgan fingerprint density at radius 2 is 2.00 bits per heavy atom. The Bertz CT molecular complexity index is 1220. The monoisotopic (exact) mass is 436 g/mol. The fourth-order valence-electron chi connectivity index (χ4n) is 2.70. The Hall–Kier alpha value is -3.98. The number of phenols is 1. The van der Waals surface area contributed by atoms with E-state index in [2.05, 4.69) is 16.7 Å². The number of hydrogen-bond donors (Lipinski definition) is 2. The second-order valence-corrected chi connectivity index (χ2v) is 7.14. The van der Waals surface area contributed by atoms with Crippen molar-refractivity contribution >= 4 is 29.4 Å². The molecule has 31 heavy (non-hydrogen) atoms. The number of nitrogens with zero attached hydrogens (tertiary/aromatic N) is 3. The van der Waals surface area contributed by atoms with Crippen LogP contribution in [-0.2, 0) is 4.74 Å². The topological polar surface area (TPSA) is 119 Å². The van der Waals surface area contributed by atoms with Crippen molar-refractivity contribution < 1.29 is 19.4 Å². The summed E-state index contributed by atoms with van der Waals surface area (Å²) in [6.45, 7) is 4.09. The van der Waals surface area contributed by atoms with Gasteiger partial charge in [-0.3, -0.25) is 9.79 Å². The Labute approximate surface area is 182 Å². The van der Waals surface area contributed by atoms with Gasteiger partial charge in [-0.05, 0) is 35.9 Å². The molecule has 9 heteroatoms. The lowest BCUT2D eigenvalue weighted by atomic mass is 10.1. The van der Waals surface area contributed by atoms with Crippen LogP contribution in [0.25, 0.3) is 11.3 Å². The molecule has 1 amide bonds. The number of hydrogen-bond acceptors (Lipinski definition) is 7. The summed E-state index contributed by atoms with van der Waals surface area (Å²) < 4.78 is 6.33. The first-order chi connectivity index (χ1) is 14.9. The van der Waals surface area contributed by atoms with E-state index in [0.717, 1.165) is 5.56 Å². The molecule has 0 radical (unpaired) electrons. The number of methoxy groups -OCH3 is 1. The summed E-state index contributed by atoms with van der Waals surface area (Å²) in [5.41, 5.74) is 7.87. The van der Waals surface area contributed by atoms with Gasteiger partial charge < -0.3 is 15.6 Å². The van der Waals surface area contributed by atoms with E-state index in [1.54, 1.807) is 47.3 Å².